The zero-order valence-corrected chi connectivity index (χ0v) is 12.1. The Hall–Kier alpha value is -0.860. The van der Waals surface area contributed by atoms with Gasteiger partial charge < -0.3 is 5.32 Å². The van der Waals surface area contributed by atoms with Gasteiger partial charge in [0, 0.05) is 31.7 Å². The quantitative estimate of drug-likeness (QED) is 0.897. The first-order chi connectivity index (χ1) is 9.35. The Balaban J connectivity index is 1.89. The van der Waals surface area contributed by atoms with Gasteiger partial charge in [-0.3, -0.25) is 4.90 Å². The molecule has 0 radical (unpaired) electrons. The van der Waals surface area contributed by atoms with Gasteiger partial charge in [-0.25, -0.2) is 0 Å². The van der Waals surface area contributed by atoms with Gasteiger partial charge >= 0.3 is 0 Å². The summed E-state index contributed by atoms with van der Waals surface area (Å²) < 4.78 is 0. The van der Waals surface area contributed by atoms with Gasteiger partial charge in [0.15, 0.2) is 0 Å². The SMILES string of the molecule is CCc1ccc(C2(N3CCNCC3)CCCC2)cc1. The molecule has 0 bridgehead atoms. The Bertz CT molecular complexity index is 398. The van der Waals surface area contributed by atoms with Gasteiger partial charge in [-0.05, 0) is 30.4 Å². The van der Waals surface area contributed by atoms with Gasteiger partial charge in [0.25, 0.3) is 0 Å². The molecule has 19 heavy (non-hydrogen) atoms. The molecule has 0 aromatic heterocycles. The number of nitrogens with one attached hydrogen (secondary N) is 1. The van der Waals surface area contributed by atoms with E-state index in [9.17, 15) is 0 Å². The predicted molar refractivity (Wildman–Crippen MR) is 80.4 cm³/mol. The number of aryl methyl sites for hydroxylation is 1. The minimum Gasteiger partial charge on any atom is -0.314 e. The maximum atomic E-state index is 3.48. The summed E-state index contributed by atoms with van der Waals surface area (Å²) in [6, 6.07) is 9.45. The molecule has 0 amide bonds. The van der Waals surface area contributed by atoms with Crippen molar-refractivity contribution in [3.8, 4) is 0 Å². The summed E-state index contributed by atoms with van der Waals surface area (Å²) in [6.45, 7) is 6.94. The van der Waals surface area contributed by atoms with Gasteiger partial charge in [-0.1, -0.05) is 44.0 Å². The van der Waals surface area contributed by atoms with E-state index in [0.29, 0.717) is 5.54 Å². The Morgan fingerprint density at radius 1 is 1.05 bits per heavy atom. The highest BCUT2D eigenvalue weighted by atomic mass is 15.2. The lowest BCUT2D eigenvalue weighted by molar-refractivity contribution is 0.0757. The zero-order chi connectivity index (χ0) is 13.1. The highest BCUT2D eigenvalue weighted by molar-refractivity contribution is 5.30. The first-order valence-electron chi connectivity index (χ1n) is 7.90. The lowest BCUT2D eigenvalue weighted by Crippen LogP contribution is -2.53. The van der Waals surface area contributed by atoms with E-state index in [-0.39, 0.29) is 0 Å². The lowest BCUT2D eigenvalue weighted by atomic mass is 9.85. The Labute approximate surface area is 117 Å². The van der Waals surface area contributed by atoms with Crippen LogP contribution in [0.4, 0.5) is 0 Å². The number of hydrogen-bond donors (Lipinski definition) is 1. The van der Waals surface area contributed by atoms with Crippen LogP contribution in [0.25, 0.3) is 0 Å². The second-order valence-corrected chi connectivity index (χ2v) is 6.03. The van der Waals surface area contributed by atoms with Crippen LogP contribution in [-0.2, 0) is 12.0 Å². The molecule has 1 saturated heterocycles. The van der Waals surface area contributed by atoms with E-state index in [4.69, 9.17) is 0 Å². The lowest BCUT2D eigenvalue weighted by Gasteiger charge is -2.44. The molecule has 0 unspecified atom stereocenters. The van der Waals surface area contributed by atoms with Crippen LogP contribution in [-0.4, -0.2) is 31.1 Å². The number of benzene rings is 1. The number of hydrogen-bond acceptors (Lipinski definition) is 2. The molecule has 1 aromatic rings. The molecular weight excluding hydrogens is 232 g/mol. The van der Waals surface area contributed by atoms with Crippen molar-refractivity contribution in [1.82, 2.24) is 10.2 Å². The third-order valence-corrected chi connectivity index (χ3v) is 5.05. The van der Waals surface area contributed by atoms with E-state index in [1.54, 1.807) is 5.56 Å². The first kappa shape index (κ1) is 13.1. The minimum absolute atomic E-state index is 0.342. The second kappa shape index (κ2) is 5.64. The normalized spacial score (nSPS) is 23.6. The van der Waals surface area contributed by atoms with Crippen molar-refractivity contribution < 1.29 is 0 Å². The maximum absolute atomic E-state index is 3.48. The van der Waals surface area contributed by atoms with Gasteiger partial charge in [0.1, 0.15) is 0 Å². The molecule has 1 aromatic carbocycles. The van der Waals surface area contributed by atoms with Crippen LogP contribution in [0.15, 0.2) is 24.3 Å². The molecule has 2 nitrogen and oxygen atoms in total. The molecule has 3 rings (SSSR count). The van der Waals surface area contributed by atoms with Gasteiger partial charge in [0.05, 0.1) is 0 Å². The smallest absolute Gasteiger partial charge is 0.0461 e. The average molecular weight is 258 g/mol. The van der Waals surface area contributed by atoms with Gasteiger partial charge in [-0.2, -0.15) is 0 Å². The van der Waals surface area contributed by atoms with E-state index in [1.807, 2.05) is 0 Å². The molecule has 0 atom stereocenters. The van der Waals surface area contributed by atoms with E-state index in [2.05, 4.69) is 41.4 Å². The Kier molecular flexibility index (Phi) is 3.90. The molecule has 1 saturated carbocycles. The van der Waals surface area contributed by atoms with E-state index in [0.717, 1.165) is 19.5 Å². The fourth-order valence-electron chi connectivity index (χ4n) is 3.89. The average Bonchev–Trinajstić information content (AvgIpc) is 2.99. The van der Waals surface area contributed by atoms with Crippen molar-refractivity contribution in [1.29, 1.82) is 0 Å². The first-order valence-corrected chi connectivity index (χ1v) is 7.90. The summed E-state index contributed by atoms with van der Waals surface area (Å²) in [5, 5.41) is 3.48. The van der Waals surface area contributed by atoms with Crippen LogP contribution in [0, 0.1) is 0 Å². The van der Waals surface area contributed by atoms with Crippen molar-refractivity contribution in [2.24, 2.45) is 0 Å². The molecular formula is C17H26N2. The topological polar surface area (TPSA) is 15.3 Å². The summed E-state index contributed by atoms with van der Waals surface area (Å²) in [4.78, 5) is 2.75. The molecule has 1 N–H and O–H groups in total. The fraction of sp³-hybridized carbons (Fsp3) is 0.647. The van der Waals surface area contributed by atoms with Crippen LogP contribution in [0.2, 0.25) is 0 Å². The van der Waals surface area contributed by atoms with Crippen molar-refractivity contribution in [2.45, 2.75) is 44.6 Å². The zero-order valence-electron chi connectivity index (χ0n) is 12.1. The summed E-state index contributed by atoms with van der Waals surface area (Å²) in [5.74, 6) is 0. The largest absolute Gasteiger partial charge is 0.314 e. The summed E-state index contributed by atoms with van der Waals surface area (Å²) in [6.07, 6.45) is 6.61. The van der Waals surface area contributed by atoms with Crippen molar-refractivity contribution in [3.05, 3.63) is 35.4 Å². The van der Waals surface area contributed by atoms with E-state index in [1.165, 1.54) is 44.3 Å². The standard InChI is InChI=1S/C17H26N2/c1-2-15-5-7-16(8-6-15)17(9-3-4-10-17)19-13-11-18-12-14-19/h5-8,18H,2-4,9-14H2,1H3. The number of piperazine rings is 1. The van der Waals surface area contributed by atoms with E-state index < -0.39 is 0 Å². The van der Waals surface area contributed by atoms with Crippen LogP contribution >= 0.6 is 0 Å². The second-order valence-electron chi connectivity index (χ2n) is 6.03. The minimum atomic E-state index is 0.342. The molecule has 2 heteroatoms. The molecule has 1 aliphatic carbocycles. The van der Waals surface area contributed by atoms with Crippen LogP contribution in [0.5, 0.6) is 0 Å². The number of nitrogens with zero attached hydrogens (tertiary/aromatic N) is 1. The fourth-order valence-corrected chi connectivity index (χ4v) is 3.89. The third-order valence-electron chi connectivity index (χ3n) is 5.05. The molecule has 104 valence electrons. The summed E-state index contributed by atoms with van der Waals surface area (Å²) in [7, 11) is 0. The predicted octanol–water partition coefficient (Wildman–Crippen LogP) is 2.92. The Morgan fingerprint density at radius 2 is 1.68 bits per heavy atom. The van der Waals surface area contributed by atoms with Crippen molar-refractivity contribution >= 4 is 0 Å². The summed E-state index contributed by atoms with van der Waals surface area (Å²) >= 11 is 0. The molecule has 2 aliphatic rings. The molecule has 2 fully saturated rings. The van der Waals surface area contributed by atoms with Gasteiger partial charge in [0.2, 0.25) is 0 Å². The molecule has 1 aliphatic heterocycles. The molecule has 1 heterocycles. The monoisotopic (exact) mass is 258 g/mol. The maximum Gasteiger partial charge on any atom is 0.0461 e. The number of rotatable bonds is 3. The van der Waals surface area contributed by atoms with E-state index >= 15 is 0 Å². The van der Waals surface area contributed by atoms with Crippen LogP contribution in [0.1, 0.15) is 43.7 Å². The third kappa shape index (κ3) is 2.44. The van der Waals surface area contributed by atoms with Crippen LogP contribution in [0.3, 0.4) is 0 Å². The van der Waals surface area contributed by atoms with Gasteiger partial charge in [-0.15, -0.1) is 0 Å². The summed E-state index contributed by atoms with van der Waals surface area (Å²) in [5.41, 5.74) is 3.36. The molecule has 0 spiro atoms. The highest BCUT2D eigenvalue weighted by Gasteiger charge is 2.41. The van der Waals surface area contributed by atoms with Crippen molar-refractivity contribution in [3.63, 3.8) is 0 Å². The van der Waals surface area contributed by atoms with Crippen molar-refractivity contribution in [2.75, 3.05) is 26.2 Å². The van der Waals surface area contributed by atoms with Crippen LogP contribution < -0.4 is 5.32 Å². The highest BCUT2D eigenvalue weighted by Crippen LogP contribution is 2.44. The Morgan fingerprint density at radius 3 is 2.26 bits per heavy atom.